The highest BCUT2D eigenvalue weighted by molar-refractivity contribution is 7.22. The number of hydrogen-bond acceptors (Lipinski definition) is 7. The summed E-state index contributed by atoms with van der Waals surface area (Å²) in [6, 6.07) is 16.7. The molecule has 8 nitrogen and oxygen atoms in total. The van der Waals surface area contributed by atoms with Gasteiger partial charge in [-0.1, -0.05) is 29.5 Å². The van der Waals surface area contributed by atoms with Gasteiger partial charge in [-0.25, -0.2) is 9.67 Å². The van der Waals surface area contributed by atoms with Crippen LogP contribution >= 0.6 is 11.3 Å². The number of nitrogens with one attached hydrogen (secondary N) is 1. The Kier molecular flexibility index (Phi) is 6.01. The van der Waals surface area contributed by atoms with Crippen LogP contribution in [0.3, 0.4) is 0 Å². The zero-order chi connectivity index (χ0) is 23.5. The molecule has 0 atom stereocenters. The normalized spacial score (nSPS) is 11.1. The number of carbonyl (C=O) groups is 1. The molecule has 3 heterocycles. The molecule has 0 bridgehead atoms. The fourth-order valence-corrected chi connectivity index (χ4v) is 4.66. The topological polar surface area (TPSA) is 99.0 Å². The number of rotatable bonds is 7. The van der Waals surface area contributed by atoms with Gasteiger partial charge in [-0.05, 0) is 48.9 Å². The average molecular weight is 472 g/mol. The molecule has 0 spiro atoms. The molecule has 9 heteroatoms. The van der Waals surface area contributed by atoms with E-state index < -0.39 is 0 Å². The van der Waals surface area contributed by atoms with Crippen LogP contribution in [-0.2, 0) is 17.8 Å². The zero-order valence-corrected chi connectivity index (χ0v) is 19.2. The van der Waals surface area contributed by atoms with Crippen molar-refractivity contribution in [1.29, 1.82) is 0 Å². The quantitative estimate of drug-likeness (QED) is 0.385. The monoisotopic (exact) mass is 471 g/mol. The molecule has 1 N–H and O–H groups in total. The summed E-state index contributed by atoms with van der Waals surface area (Å²) in [4.78, 5) is 34.4. The standard InChI is InChI=1S/C25H21N5O3S/c1-2-33-17-7-8-20-22(14-17)34-25(27-20)28-23(31)15-30-24(32)19-6-4-3-5-18(19)21(29-30)13-16-9-11-26-12-10-16/h3-12,14H,2,13,15H2,1H3,(H,27,28,31). The maximum Gasteiger partial charge on any atom is 0.275 e. The lowest BCUT2D eigenvalue weighted by molar-refractivity contribution is -0.117. The van der Waals surface area contributed by atoms with Gasteiger partial charge in [0, 0.05) is 24.2 Å². The molecule has 0 saturated carbocycles. The van der Waals surface area contributed by atoms with Crippen molar-refractivity contribution >= 4 is 43.4 Å². The number of hydrogen-bond donors (Lipinski definition) is 1. The molecular weight excluding hydrogens is 450 g/mol. The number of aromatic nitrogens is 4. The molecule has 5 rings (SSSR count). The van der Waals surface area contributed by atoms with Crippen LogP contribution in [0.1, 0.15) is 18.2 Å². The Bertz CT molecular complexity index is 1550. The number of nitrogens with zero attached hydrogens (tertiary/aromatic N) is 4. The van der Waals surface area contributed by atoms with E-state index in [1.807, 2.05) is 55.5 Å². The van der Waals surface area contributed by atoms with E-state index in [0.717, 1.165) is 32.6 Å². The van der Waals surface area contributed by atoms with Crippen molar-refractivity contribution in [2.75, 3.05) is 11.9 Å². The second kappa shape index (κ2) is 9.40. The van der Waals surface area contributed by atoms with Crippen molar-refractivity contribution in [3.05, 3.63) is 88.6 Å². The molecule has 3 aromatic heterocycles. The Balaban J connectivity index is 1.42. The van der Waals surface area contributed by atoms with Crippen LogP contribution in [0.4, 0.5) is 5.13 Å². The predicted molar refractivity (Wildman–Crippen MR) is 132 cm³/mol. The first kappa shape index (κ1) is 21.7. The molecule has 1 amide bonds. The summed E-state index contributed by atoms with van der Waals surface area (Å²) in [7, 11) is 0. The number of amides is 1. The van der Waals surface area contributed by atoms with Crippen molar-refractivity contribution in [1.82, 2.24) is 19.7 Å². The van der Waals surface area contributed by atoms with Gasteiger partial charge in [0.25, 0.3) is 5.56 Å². The Hall–Kier alpha value is -4.11. The third-order valence-corrected chi connectivity index (χ3v) is 6.21. The minimum absolute atomic E-state index is 0.215. The van der Waals surface area contributed by atoms with E-state index in [2.05, 4.69) is 20.4 Å². The summed E-state index contributed by atoms with van der Waals surface area (Å²) in [5, 5.41) is 9.10. The van der Waals surface area contributed by atoms with Crippen LogP contribution in [0.5, 0.6) is 5.75 Å². The minimum Gasteiger partial charge on any atom is -0.494 e. The molecule has 2 aromatic carbocycles. The van der Waals surface area contributed by atoms with Crippen LogP contribution in [0.2, 0.25) is 0 Å². The Labute approximate surface area is 198 Å². The highest BCUT2D eigenvalue weighted by Crippen LogP contribution is 2.29. The van der Waals surface area contributed by atoms with Crippen LogP contribution in [-0.4, -0.2) is 32.3 Å². The lowest BCUT2D eigenvalue weighted by atomic mass is 10.1. The van der Waals surface area contributed by atoms with Crippen LogP contribution in [0, 0.1) is 0 Å². The molecule has 0 aliphatic carbocycles. The van der Waals surface area contributed by atoms with Gasteiger partial charge in [0.15, 0.2) is 5.13 Å². The molecule has 0 aliphatic rings. The van der Waals surface area contributed by atoms with Crippen molar-refractivity contribution in [2.45, 2.75) is 19.9 Å². The molecule has 34 heavy (non-hydrogen) atoms. The lowest BCUT2D eigenvalue weighted by Crippen LogP contribution is -2.30. The van der Waals surface area contributed by atoms with Gasteiger partial charge in [0.2, 0.25) is 5.91 Å². The molecule has 0 aliphatic heterocycles. The van der Waals surface area contributed by atoms with E-state index in [0.29, 0.717) is 23.5 Å². The maximum atomic E-state index is 13.0. The van der Waals surface area contributed by atoms with Gasteiger partial charge in [0.05, 0.1) is 27.9 Å². The summed E-state index contributed by atoms with van der Waals surface area (Å²) in [6.45, 7) is 2.28. The van der Waals surface area contributed by atoms with Gasteiger partial charge in [-0.2, -0.15) is 5.10 Å². The Morgan fingerprint density at radius 3 is 2.68 bits per heavy atom. The fraction of sp³-hybridized carbons (Fsp3) is 0.160. The summed E-state index contributed by atoms with van der Waals surface area (Å²) < 4.78 is 7.65. The van der Waals surface area contributed by atoms with E-state index in [1.54, 1.807) is 18.5 Å². The smallest absolute Gasteiger partial charge is 0.275 e. The van der Waals surface area contributed by atoms with Crippen molar-refractivity contribution in [3.63, 3.8) is 0 Å². The van der Waals surface area contributed by atoms with Gasteiger partial charge < -0.3 is 10.1 Å². The third-order valence-electron chi connectivity index (χ3n) is 5.28. The molecule has 0 radical (unpaired) electrons. The zero-order valence-electron chi connectivity index (χ0n) is 18.4. The second-order valence-electron chi connectivity index (χ2n) is 7.62. The van der Waals surface area contributed by atoms with Crippen molar-refractivity contribution < 1.29 is 9.53 Å². The molecule has 5 aromatic rings. The van der Waals surface area contributed by atoms with E-state index in [-0.39, 0.29) is 18.0 Å². The second-order valence-corrected chi connectivity index (χ2v) is 8.65. The minimum atomic E-state index is -0.371. The highest BCUT2D eigenvalue weighted by atomic mass is 32.1. The Morgan fingerprint density at radius 2 is 1.88 bits per heavy atom. The van der Waals surface area contributed by atoms with Crippen molar-refractivity contribution in [3.8, 4) is 5.75 Å². The first-order valence-corrected chi connectivity index (χ1v) is 11.6. The van der Waals surface area contributed by atoms with E-state index in [9.17, 15) is 9.59 Å². The Morgan fingerprint density at radius 1 is 1.09 bits per heavy atom. The molecular formula is C25H21N5O3S. The lowest BCUT2D eigenvalue weighted by Gasteiger charge is -2.11. The van der Waals surface area contributed by atoms with Crippen LogP contribution < -0.4 is 15.6 Å². The van der Waals surface area contributed by atoms with E-state index >= 15 is 0 Å². The molecule has 0 fully saturated rings. The number of benzene rings is 2. The van der Waals surface area contributed by atoms with Gasteiger partial charge in [-0.3, -0.25) is 14.6 Å². The predicted octanol–water partition coefficient (Wildman–Crippen LogP) is 4.03. The number of fused-ring (bicyclic) bond motifs is 2. The van der Waals surface area contributed by atoms with E-state index in [4.69, 9.17) is 4.74 Å². The van der Waals surface area contributed by atoms with E-state index in [1.165, 1.54) is 16.0 Å². The largest absolute Gasteiger partial charge is 0.494 e. The number of anilines is 1. The SMILES string of the molecule is CCOc1ccc2nc(NC(=O)Cn3nc(Cc4ccncc4)c4ccccc4c3=O)sc2c1. The van der Waals surface area contributed by atoms with Crippen LogP contribution in [0.15, 0.2) is 71.8 Å². The molecule has 0 saturated heterocycles. The van der Waals surface area contributed by atoms with Crippen LogP contribution in [0.25, 0.3) is 21.0 Å². The third kappa shape index (κ3) is 4.51. The number of carbonyl (C=O) groups excluding carboxylic acids is 1. The highest BCUT2D eigenvalue weighted by Gasteiger charge is 2.15. The summed E-state index contributed by atoms with van der Waals surface area (Å²) >= 11 is 1.35. The van der Waals surface area contributed by atoms with Gasteiger partial charge in [-0.15, -0.1) is 0 Å². The summed E-state index contributed by atoms with van der Waals surface area (Å²) in [5.74, 6) is 0.383. The number of ether oxygens (including phenoxy) is 1. The molecule has 170 valence electrons. The average Bonchev–Trinajstić information content (AvgIpc) is 3.24. The number of pyridine rings is 1. The van der Waals surface area contributed by atoms with Crippen molar-refractivity contribution in [2.24, 2.45) is 0 Å². The summed E-state index contributed by atoms with van der Waals surface area (Å²) in [5.41, 5.74) is 2.19. The first-order valence-electron chi connectivity index (χ1n) is 10.8. The number of thiazole rings is 1. The summed E-state index contributed by atoms with van der Waals surface area (Å²) in [6.07, 6.45) is 3.96. The fourth-order valence-electron chi connectivity index (χ4n) is 3.75. The first-order chi connectivity index (χ1) is 16.6. The van der Waals surface area contributed by atoms with Gasteiger partial charge in [0.1, 0.15) is 12.3 Å². The molecule has 0 unspecified atom stereocenters. The van der Waals surface area contributed by atoms with Gasteiger partial charge >= 0.3 is 0 Å². The maximum absolute atomic E-state index is 13.0.